The quantitative estimate of drug-likeness (QED) is 0.330. The fraction of sp³-hybridized carbons (Fsp3) is 0.217. The van der Waals surface area contributed by atoms with Crippen LogP contribution in [0, 0.1) is 6.92 Å². The lowest BCUT2D eigenvalue weighted by Gasteiger charge is -2.09. The Bertz CT molecular complexity index is 1330. The van der Waals surface area contributed by atoms with Crippen molar-refractivity contribution in [3.8, 4) is 17.0 Å². The SMILES string of the molecule is COc1cccc(CNC(=O)CSc2nc3c(-c4ccc(C)cc4)nsc3c(=O)n2C)c1. The molecule has 4 rings (SSSR count). The van der Waals surface area contributed by atoms with Crippen LogP contribution in [0.3, 0.4) is 0 Å². The molecule has 9 heteroatoms. The molecule has 0 radical (unpaired) electrons. The highest BCUT2D eigenvalue weighted by molar-refractivity contribution is 7.99. The van der Waals surface area contributed by atoms with Crippen molar-refractivity contribution in [2.24, 2.45) is 7.05 Å². The number of rotatable bonds is 7. The van der Waals surface area contributed by atoms with Gasteiger partial charge in [-0.25, -0.2) is 4.98 Å². The molecule has 0 aliphatic carbocycles. The van der Waals surface area contributed by atoms with E-state index in [9.17, 15) is 9.59 Å². The molecule has 0 bridgehead atoms. The van der Waals surface area contributed by atoms with Crippen molar-refractivity contribution in [2.45, 2.75) is 18.6 Å². The molecule has 0 fully saturated rings. The molecule has 1 amide bonds. The molecule has 0 saturated heterocycles. The number of nitrogens with one attached hydrogen (secondary N) is 1. The number of hydrogen-bond acceptors (Lipinski definition) is 7. The van der Waals surface area contributed by atoms with E-state index in [1.807, 2.05) is 55.5 Å². The van der Waals surface area contributed by atoms with Gasteiger partial charge in [-0.3, -0.25) is 14.2 Å². The summed E-state index contributed by atoms with van der Waals surface area (Å²) in [4.78, 5) is 29.9. The maximum Gasteiger partial charge on any atom is 0.273 e. The van der Waals surface area contributed by atoms with Crippen LogP contribution in [0.1, 0.15) is 11.1 Å². The first-order chi connectivity index (χ1) is 15.5. The number of aromatic nitrogens is 3. The number of thioether (sulfide) groups is 1. The summed E-state index contributed by atoms with van der Waals surface area (Å²) in [6.07, 6.45) is 0. The molecule has 2 heterocycles. The van der Waals surface area contributed by atoms with Crippen LogP contribution in [0.25, 0.3) is 21.5 Å². The van der Waals surface area contributed by atoms with Crippen LogP contribution in [-0.2, 0) is 18.4 Å². The number of carbonyl (C=O) groups excluding carboxylic acids is 1. The zero-order valence-corrected chi connectivity index (χ0v) is 19.5. The van der Waals surface area contributed by atoms with Gasteiger partial charge in [0.25, 0.3) is 5.56 Å². The Balaban J connectivity index is 1.50. The van der Waals surface area contributed by atoms with Crippen molar-refractivity contribution in [1.29, 1.82) is 0 Å². The molecule has 7 nitrogen and oxygen atoms in total. The summed E-state index contributed by atoms with van der Waals surface area (Å²) in [5.74, 6) is 0.745. The maximum atomic E-state index is 12.8. The average Bonchev–Trinajstić information content (AvgIpc) is 3.23. The molecule has 0 aliphatic heterocycles. The summed E-state index contributed by atoms with van der Waals surface area (Å²) in [6.45, 7) is 2.42. The fourth-order valence-electron chi connectivity index (χ4n) is 3.13. The largest absolute Gasteiger partial charge is 0.497 e. The van der Waals surface area contributed by atoms with Crippen LogP contribution < -0.4 is 15.6 Å². The van der Waals surface area contributed by atoms with Gasteiger partial charge >= 0.3 is 0 Å². The molecular formula is C23H22N4O3S2. The Morgan fingerprint density at radius 1 is 1.22 bits per heavy atom. The van der Waals surface area contributed by atoms with Crippen LogP contribution in [0.5, 0.6) is 5.75 Å². The Morgan fingerprint density at radius 3 is 2.75 bits per heavy atom. The van der Waals surface area contributed by atoms with Crippen molar-refractivity contribution in [1.82, 2.24) is 19.2 Å². The maximum absolute atomic E-state index is 12.8. The third-order valence-electron chi connectivity index (χ3n) is 4.94. The zero-order chi connectivity index (χ0) is 22.7. The van der Waals surface area contributed by atoms with Crippen LogP contribution >= 0.6 is 23.3 Å². The van der Waals surface area contributed by atoms with E-state index < -0.39 is 0 Å². The Morgan fingerprint density at radius 2 is 2.00 bits per heavy atom. The van der Waals surface area contributed by atoms with Crippen LogP contribution in [0.15, 0.2) is 58.5 Å². The number of fused-ring (bicyclic) bond motifs is 1. The van der Waals surface area contributed by atoms with Gasteiger partial charge < -0.3 is 10.1 Å². The fourth-order valence-corrected chi connectivity index (χ4v) is 4.75. The predicted octanol–water partition coefficient (Wildman–Crippen LogP) is 3.78. The predicted molar refractivity (Wildman–Crippen MR) is 128 cm³/mol. The second-order valence-corrected chi connectivity index (χ2v) is 8.97. The molecule has 0 saturated carbocycles. The number of ether oxygens (including phenoxy) is 1. The average molecular weight is 467 g/mol. The van der Waals surface area contributed by atoms with E-state index in [2.05, 4.69) is 14.7 Å². The molecular weight excluding hydrogens is 444 g/mol. The number of carbonyl (C=O) groups is 1. The number of benzene rings is 2. The van der Waals surface area contributed by atoms with Gasteiger partial charge in [0.2, 0.25) is 5.91 Å². The minimum absolute atomic E-state index is 0.144. The Hall–Kier alpha value is -3.17. The highest BCUT2D eigenvalue weighted by atomic mass is 32.2. The van der Waals surface area contributed by atoms with E-state index in [4.69, 9.17) is 4.74 Å². The van der Waals surface area contributed by atoms with E-state index in [-0.39, 0.29) is 17.2 Å². The molecule has 0 atom stereocenters. The van der Waals surface area contributed by atoms with Gasteiger partial charge in [-0.1, -0.05) is 53.7 Å². The number of methoxy groups -OCH3 is 1. The molecule has 164 valence electrons. The number of amides is 1. The number of hydrogen-bond donors (Lipinski definition) is 1. The lowest BCUT2D eigenvalue weighted by atomic mass is 10.1. The van der Waals surface area contributed by atoms with E-state index in [1.165, 1.54) is 16.3 Å². The van der Waals surface area contributed by atoms with E-state index in [1.54, 1.807) is 14.2 Å². The lowest BCUT2D eigenvalue weighted by molar-refractivity contribution is -0.118. The van der Waals surface area contributed by atoms with Crippen molar-refractivity contribution < 1.29 is 9.53 Å². The van der Waals surface area contributed by atoms with Crippen molar-refractivity contribution in [3.63, 3.8) is 0 Å². The molecule has 0 spiro atoms. The molecule has 0 aliphatic rings. The normalized spacial score (nSPS) is 11.0. The molecule has 32 heavy (non-hydrogen) atoms. The van der Waals surface area contributed by atoms with Crippen molar-refractivity contribution in [3.05, 3.63) is 70.0 Å². The van der Waals surface area contributed by atoms with Crippen LogP contribution in [-0.4, -0.2) is 32.7 Å². The van der Waals surface area contributed by atoms with Gasteiger partial charge in [-0.05, 0) is 36.2 Å². The highest BCUT2D eigenvalue weighted by Gasteiger charge is 2.17. The standard InChI is InChI=1S/C23H22N4O3S2/c1-14-7-9-16(10-8-14)19-20-21(32-26-19)22(29)27(2)23(25-20)31-13-18(28)24-12-15-5-4-6-17(11-15)30-3/h4-11H,12-13H2,1-3H3,(H,24,28). The van der Waals surface area contributed by atoms with Gasteiger partial charge in [-0.2, -0.15) is 4.37 Å². The minimum Gasteiger partial charge on any atom is -0.497 e. The Labute approximate surface area is 193 Å². The number of nitrogens with zero attached hydrogens (tertiary/aromatic N) is 3. The summed E-state index contributed by atoms with van der Waals surface area (Å²) >= 11 is 2.38. The van der Waals surface area contributed by atoms with Gasteiger partial charge in [-0.15, -0.1) is 0 Å². The van der Waals surface area contributed by atoms with Crippen molar-refractivity contribution in [2.75, 3.05) is 12.9 Å². The van der Waals surface area contributed by atoms with Crippen LogP contribution in [0.4, 0.5) is 0 Å². The van der Waals surface area contributed by atoms with E-state index in [0.29, 0.717) is 27.6 Å². The highest BCUT2D eigenvalue weighted by Crippen LogP contribution is 2.29. The first-order valence-corrected chi connectivity index (χ1v) is 11.7. The zero-order valence-electron chi connectivity index (χ0n) is 17.9. The third-order valence-corrected chi connectivity index (χ3v) is 6.80. The molecule has 2 aromatic carbocycles. The summed E-state index contributed by atoms with van der Waals surface area (Å²) in [7, 11) is 3.27. The van der Waals surface area contributed by atoms with Gasteiger partial charge in [0, 0.05) is 19.2 Å². The van der Waals surface area contributed by atoms with E-state index >= 15 is 0 Å². The lowest BCUT2D eigenvalue weighted by Crippen LogP contribution is -2.25. The molecule has 4 aromatic rings. The topological polar surface area (TPSA) is 86.1 Å². The van der Waals surface area contributed by atoms with Gasteiger partial charge in [0.1, 0.15) is 21.7 Å². The second kappa shape index (κ2) is 9.54. The second-order valence-electron chi connectivity index (χ2n) is 7.25. The van der Waals surface area contributed by atoms with Crippen LogP contribution in [0.2, 0.25) is 0 Å². The molecule has 0 unspecified atom stereocenters. The smallest absolute Gasteiger partial charge is 0.273 e. The minimum atomic E-state index is -0.162. The van der Waals surface area contributed by atoms with E-state index in [0.717, 1.165) is 34.0 Å². The summed E-state index contributed by atoms with van der Waals surface area (Å²) in [5, 5.41) is 3.37. The van der Waals surface area contributed by atoms with Crippen molar-refractivity contribution >= 4 is 39.4 Å². The van der Waals surface area contributed by atoms with Gasteiger partial charge in [0.15, 0.2) is 5.16 Å². The first kappa shape index (κ1) is 22.0. The summed E-state index contributed by atoms with van der Waals surface area (Å²) in [6, 6.07) is 15.5. The summed E-state index contributed by atoms with van der Waals surface area (Å²) < 4.78 is 11.7. The monoisotopic (exact) mass is 466 g/mol. The Kier molecular flexibility index (Phi) is 6.57. The third kappa shape index (κ3) is 4.68. The summed E-state index contributed by atoms with van der Waals surface area (Å²) in [5.41, 5.74) is 4.10. The number of aryl methyl sites for hydroxylation is 1. The van der Waals surface area contributed by atoms with Gasteiger partial charge in [0.05, 0.1) is 12.9 Å². The first-order valence-electron chi connectivity index (χ1n) is 9.92. The molecule has 1 N–H and O–H groups in total. The molecule has 2 aromatic heterocycles.